The van der Waals surface area contributed by atoms with Gasteiger partial charge in [0.2, 0.25) is 0 Å². The minimum Gasteiger partial charge on any atom is -0.482 e. The van der Waals surface area contributed by atoms with Gasteiger partial charge in [0.05, 0.1) is 5.69 Å². The molecule has 7 heteroatoms. The Morgan fingerprint density at radius 2 is 2.29 bits per heavy atom. The van der Waals surface area contributed by atoms with Gasteiger partial charge in [-0.15, -0.1) is 0 Å². The zero-order valence-corrected chi connectivity index (χ0v) is 12.4. The molecular weight excluding hydrogens is 292 g/mol. The lowest BCUT2D eigenvalue weighted by Gasteiger charge is -2.18. The molecule has 114 valence electrons. The summed E-state index contributed by atoms with van der Waals surface area (Å²) < 4.78 is 5.28. The minimum absolute atomic E-state index is 0.0282. The molecule has 0 bridgehead atoms. The summed E-state index contributed by atoms with van der Waals surface area (Å²) >= 11 is 1.69. The molecule has 2 rings (SSSR count). The number of carbonyl (C=O) groups excluding carboxylic acids is 2. The Morgan fingerprint density at radius 1 is 1.43 bits per heavy atom. The summed E-state index contributed by atoms with van der Waals surface area (Å²) in [6.45, 7) is 0.744. The number of carbonyl (C=O) groups is 2. The predicted molar refractivity (Wildman–Crippen MR) is 81.9 cm³/mol. The molecule has 0 atom stereocenters. The van der Waals surface area contributed by atoms with Gasteiger partial charge in [0.25, 0.3) is 11.8 Å². The summed E-state index contributed by atoms with van der Waals surface area (Å²) in [5.74, 6) is 1.85. The third-order valence-electron chi connectivity index (χ3n) is 2.86. The largest absolute Gasteiger partial charge is 0.482 e. The fourth-order valence-corrected chi connectivity index (χ4v) is 2.61. The summed E-state index contributed by atoms with van der Waals surface area (Å²) in [6, 6.07) is 4.95. The zero-order chi connectivity index (χ0) is 15.1. The van der Waals surface area contributed by atoms with E-state index in [1.165, 1.54) is 0 Å². The van der Waals surface area contributed by atoms with Crippen molar-refractivity contribution in [3.05, 3.63) is 23.8 Å². The topological polar surface area (TPSA) is 87.7 Å². The van der Waals surface area contributed by atoms with Gasteiger partial charge in [-0.3, -0.25) is 9.59 Å². The van der Waals surface area contributed by atoms with Gasteiger partial charge in [-0.1, -0.05) is 0 Å². The average molecular weight is 310 g/mol. The van der Waals surface area contributed by atoms with E-state index in [0.29, 0.717) is 23.5 Å². The Labute approximate surface area is 127 Å². The first-order valence-electron chi connectivity index (χ1n) is 6.74. The first-order valence-corrected chi connectivity index (χ1v) is 7.89. The molecule has 0 saturated heterocycles. The number of fused-ring (bicyclic) bond motifs is 1. The Hall–Kier alpha value is -1.73. The Bertz CT molecular complexity index is 522. The molecule has 1 aliphatic rings. The third-order valence-corrected chi connectivity index (χ3v) is 3.93. The maximum Gasteiger partial charge on any atom is 0.262 e. The van der Waals surface area contributed by atoms with Crippen molar-refractivity contribution in [3.63, 3.8) is 0 Å². The van der Waals surface area contributed by atoms with Gasteiger partial charge in [-0.25, -0.2) is 0 Å². The van der Waals surface area contributed by atoms with Crippen LogP contribution in [0.1, 0.15) is 16.8 Å². The fraction of sp³-hybridized carbons (Fsp3) is 0.429. The van der Waals surface area contributed by atoms with Gasteiger partial charge in [-0.05, 0) is 30.4 Å². The molecule has 3 N–H and O–H groups in total. The number of anilines is 1. The van der Waals surface area contributed by atoms with Crippen LogP contribution in [-0.2, 0) is 4.79 Å². The highest BCUT2D eigenvalue weighted by Gasteiger charge is 2.17. The van der Waals surface area contributed by atoms with Crippen molar-refractivity contribution in [2.24, 2.45) is 0 Å². The number of rotatable bonds is 7. The first-order chi connectivity index (χ1) is 10.2. The summed E-state index contributed by atoms with van der Waals surface area (Å²) in [4.78, 5) is 23.1. The molecule has 2 amide bonds. The number of nitrogens with one attached hydrogen (secondary N) is 2. The first kappa shape index (κ1) is 15.7. The molecule has 1 heterocycles. The number of hydrogen-bond acceptors (Lipinski definition) is 5. The van der Waals surface area contributed by atoms with E-state index in [-0.39, 0.29) is 25.0 Å². The van der Waals surface area contributed by atoms with E-state index in [1.54, 1.807) is 30.0 Å². The van der Waals surface area contributed by atoms with Crippen molar-refractivity contribution < 1.29 is 19.4 Å². The Balaban J connectivity index is 1.81. The van der Waals surface area contributed by atoms with Crippen LogP contribution in [0, 0.1) is 0 Å². The Kier molecular flexibility index (Phi) is 5.89. The van der Waals surface area contributed by atoms with Gasteiger partial charge in [0, 0.05) is 24.5 Å². The van der Waals surface area contributed by atoms with Crippen molar-refractivity contribution in [3.8, 4) is 5.75 Å². The van der Waals surface area contributed by atoms with Gasteiger partial charge in [-0.2, -0.15) is 11.8 Å². The van der Waals surface area contributed by atoms with E-state index in [1.807, 2.05) is 0 Å². The number of benzene rings is 1. The molecule has 21 heavy (non-hydrogen) atoms. The maximum atomic E-state index is 12.0. The van der Waals surface area contributed by atoms with Crippen molar-refractivity contribution >= 4 is 29.3 Å². The van der Waals surface area contributed by atoms with Gasteiger partial charge >= 0.3 is 0 Å². The molecule has 0 aliphatic carbocycles. The highest BCUT2D eigenvalue weighted by Crippen LogP contribution is 2.28. The molecule has 0 radical (unpaired) electrons. The quantitative estimate of drug-likeness (QED) is 0.650. The molecule has 0 fully saturated rings. The lowest BCUT2D eigenvalue weighted by atomic mass is 10.1. The molecule has 1 aliphatic heterocycles. The summed E-state index contributed by atoms with van der Waals surface area (Å²) in [7, 11) is 0. The average Bonchev–Trinajstić information content (AvgIpc) is 2.50. The van der Waals surface area contributed by atoms with Crippen molar-refractivity contribution in [1.29, 1.82) is 0 Å². The fourth-order valence-electron chi connectivity index (χ4n) is 1.82. The van der Waals surface area contributed by atoms with Crippen LogP contribution in [0.25, 0.3) is 0 Å². The van der Waals surface area contributed by atoms with Gasteiger partial charge < -0.3 is 20.5 Å². The zero-order valence-electron chi connectivity index (χ0n) is 11.6. The van der Waals surface area contributed by atoms with E-state index in [0.717, 1.165) is 17.9 Å². The molecule has 6 nitrogen and oxygen atoms in total. The highest BCUT2D eigenvalue weighted by atomic mass is 32.2. The lowest BCUT2D eigenvalue weighted by molar-refractivity contribution is -0.118. The van der Waals surface area contributed by atoms with Crippen LogP contribution in [-0.4, -0.2) is 48.2 Å². The monoisotopic (exact) mass is 310 g/mol. The van der Waals surface area contributed by atoms with E-state index >= 15 is 0 Å². The molecule has 0 saturated carbocycles. The minimum atomic E-state index is -0.195. The summed E-state index contributed by atoms with van der Waals surface area (Å²) in [5, 5.41) is 14.2. The van der Waals surface area contributed by atoms with Crippen molar-refractivity contribution in [2.75, 3.05) is 36.6 Å². The van der Waals surface area contributed by atoms with Crippen LogP contribution in [0.2, 0.25) is 0 Å². The molecule has 1 aromatic rings. The predicted octanol–water partition coefficient (Wildman–Crippen LogP) is 0.863. The molecule has 1 aromatic carbocycles. The van der Waals surface area contributed by atoms with E-state index < -0.39 is 0 Å². The molecule has 0 unspecified atom stereocenters. The SMILES string of the molecule is O=C1COc2cc(C(=O)NCCSCCCO)ccc2N1. The van der Waals surface area contributed by atoms with Crippen LogP contribution in [0.15, 0.2) is 18.2 Å². The van der Waals surface area contributed by atoms with E-state index in [4.69, 9.17) is 9.84 Å². The van der Waals surface area contributed by atoms with Crippen LogP contribution in [0.3, 0.4) is 0 Å². The molecule has 0 aromatic heterocycles. The van der Waals surface area contributed by atoms with Crippen molar-refractivity contribution in [2.45, 2.75) is 6.42 Å². The number of hydrogen-bond donors (Lipinski definition) is 3. The highest BCUT2D eigenvalue weighted by molar-refractivity contribution is 7.99. The third kappa shape index (κ3) is 4.64. The van der Waals surface area contributed by atoms with Crippen LogP contribution in [0.4, 0.5) is 5.69 Å². The van der Waals surface area contributed by atoms with Gasteiger partial charge in [0.15, 0.2) is 6.61 Å². The van der Waals surface area contributed by atoms with Crippen molar-refractivity contribution in [1.82, 2.24) is 5.32 Å². The number of aliphatic hydroxyl groups is 1. The smallest absolute Gasteiger partial charge is 0.262 e. The number of ether oxygens (including phenoxy) is 1. The lowest BCUT2D eigenvalue weighted by Crippen LogP contribution is -2.27. The second kappa shape index (κ2) is 7.90. The molecule has 0 spiro atoms. The molecular formula is C14H18N2O4S. The second-order valence-electron chi connectivity index (χ2n) is 4.49. The maximum absolute atomic E-state index is 12.0. The number of amides is 2. The van der Waals surface area contributed by atoms with E-state index in [2.05, 4.69) is 10.6 Å². The summed E-state index contributed by atoms with van der Waals surface area (Å²) in [6.07, 6.45) is 0.770. The second-order valence-corrected chi connectivity index (χ2v) is 5.72. The van der Waals surface area contributed by atoms with Crippen LogP contribution < -0.4 is 15.4 Å². The summed E-state index contributed by atoms with van der Waals surface area (Å²) in [5.41, 5.74) is 1.09. The normalized spacial score (nSPS) is 13.1. The van der Waals surface area contributed by atoms with Gasteiger partial charge in [0.1, 0.15) is 5.75 Å². The Morgan fingerprint density at radius 3 is 3.10 bits per heavy atom. The number of aliphatic hydroxyl groups excluding tert-OH is 1. The van der Waals surface area contributed by atoms with Crippen LogP contribution in [0.5, 0.6) is 5.75 Å². The standard InChI is InChI=1S/C14H18N2O4S/c17-5-1-6-21-7-4-15-14(19)10-2-3-11-12(8-10)20-9-13(18)16-11/h2-3,8,17H,1,4-7,9H2,(H,15,19)(H,16,18). The number of thioether (sulfide) groups is 1. The van der Waals surface area contributed by atoms with E-state index in [9.17, 15) is 9.59 Å². The van der Waals surface area contributed by atoms with Crippen LogP contribution >= 0.6 is 11.8 Å².